The summed E-state index contributed by atoms with van der Waals surface area (Å²) >= 11 is 0. The number of nitrogens with one attached hydrogen (secondary N) is 1. The molecule has 2 nitrogen and oxygen atoms in total. The molecule has 0 amide bonds. The number of aryl methyl sites for hydroxylation is 1. The van der Waals surface area contributed by atoms with Crippen LogP contribution in [0, 0.1) is 6.92 Å². The minimum absolute atomic E-state index is 0.291. The van der Waals surface area contributed by atoms with Gasteiger partial charge in [-0.05, 0) is 57.9 Å². The molecule has 0 aliphatic carbocycles. The van der Waals surface area contributed by atoms with Crippen molar-refractivity contribution in [1.29, 1.82) is 0 Å². The summed E-state index contributed by atoms with van der Waals surface area (Å²) in [6, 6.07) is 8.81. The van der Waals surface area contributed by atoms with Crippen molar-refractivity contribution >= 4 is 5.69 Å². The monoisotopic (exact) mass is 232 g/mol. The summed E-state index contributed by atoms with van der Waals surface area (Å²) in [6.45, 7) is 10.1. The largest absolute Gasteiger partial charge is 0.370 e. The van der Waals surface area contributed by atoms with Gasteiger partial charge in [0.15, 0.2) is 0 Å². The molecule has 1 aliphatic rings. The van der Waals surface area contributed by atoms with Crippen LogP contribution < -0.4 is 10.2 Å². The third-order valence-electron chi connectivity index (χ3n) is 3.75. The summed E-state index contributed by atoms with van der Waals surface area (Å²) < 4.78 is 0. The Labute approximate surface area is 105 Å². The molecule has 1 heterocycles. The van der Waals surface area contributed by atoms with Gasteiger partial charge in [-0.3, -0.25) is 0 Å². The molecule has 1 aliphatic heterocycles. The van der Waals surface area contributed by atoms with E-state index >= 15 is 0 Å². The molecule has 2 heteroatoms. The van der Waals surface area contributed by atoms with E-state index in [1.165, 1.54) is 30.6 Å². The molecule has 1 N–H and O–H groups in total. The molecule has 17 heavy (non-hydrogen) atoms. The lowest BCUT2D eigenvalue weighted by Gasteiger charge is -2.33. The molecule has 94 valence electrons. The molecule has 0 radical (unpaired) electrons. The maximum absolute atomic E-state index is 3.64. The van der Waals surface area contributed by atoms with Crippen LogP contribution in [0.2, 0.25) is 0 Å². The fourth-order valence-electron chi connectivity index (χ4n) is 2.72. The first-order valence-electron chi connectivity index (χ1n) is 6.70. The van der Waals surface area contributed by atoms with Gasteiger partial charge in [-0.2, -0.15) is 0 Å². The van der Waals surface area contributed by atoms with E-state index in [2.05, 4.69) is 55.3 Å². The Kier molecular flexibility index (Phi) is 3.72. The Morgan fingerprint density at radius 2 is 2.24 bits per heavy atom. The van der Waals surface area contributed by atoms with Gasteiger partial charge in [-0.25, -0.2) is 0 Å². The van der Waals surface area contributed by atoms with Crippen LogP contribution in [-0.4, -0.2) is 25.2 Å². The standard InChI is InChI=1S/C15H24N2/c1-4-17(12-15(3)9-6-10-16-15)14-8-5-7-13(2)11-14/h5,7-8,11,16H,4,6,9-10,12H2,1-3H3. The first-order chi connectivity index (χ1) is 8.13. The highest BCUT2D eigenvalue weighted by Gasteiger charge is 2.29. The Balaban J connectivity index is 2.11. The zero-order valence-electron chi connectivity index (χ0n) is 11.3. The molecule has 1 atom stereocenters. The Morgan fingerprint density at radius 3 is 2.82 bits per heavy atom. The molecule has 1 aromatic carbocycles. The molecule has 1 aromatic rings. The molecule has 0 aromatic heterocycles. The lowest BCUT2D eigenvalue weighted by atomic mass is 9.99. The second kappa shape index (κ2) is 5.09. The van der Waals surface area contributed by atoms with Crippen molar-refractivity contribution in [2.45, 2.75) is 39.2 Å². The van der Waals surface area contributed by atoms with Crippen LogP contribution in [0.4, 0.5) is 5.69 Å². The van der Waals surface area contributed by atoms with E-state index in [0.29, 0.717) is 5.54 Å². The number of hydrogen-bond donors (Lipinski definition) is 1. The van der Waals surface area contributed by atoms with Gasteiger partial charge in [0.2, 0.25) is 0 Å². The summed E-state index contributed by atoms with van der Waals surface area (Å²) in [6.07, 6.45) is 2.59. The van der Waals surface area contributed by atoms with E-state index in [-0.39, 0.29) is 0 Å². The van der Waals surface area contributed by atoms with Crippen LogP contribution in [0.15, 0.2) is 24.3 Å². The molecule has 0 spiro atoms. The Bertz CT molecular complexity index is 367. The van der Waals surface area contributed by atoms with Gasteiger partial charge >= 0.3 is 0 Å². The van der Waals surface area contributed by atoms with Crippen LogP contribution in [-0.2, 0) is 0 Å². The van der Waals surface area contributed by atoms with E-state index in [9.17, 15) is 0 Å². The third kappa shape index (κ3) is 3.01. The first-order valence-corrected chi connectivity index (χ1v) is 6.70. The van der Waals surface area contributed by atoms with Gasteiger partial charge < -0.3 is 10.2 Å². The first kappa shape index (κ1) is 12.4. The van der Waals surface area contributed by atoms with E-state index in [1.54, 1.807) is 0 Å². The van der Waals surface area contributed by atoms with E-state index in [0.717, 1.165) is 13.1 Å². The normalized spacial score (nSPS) is 23.9. The minimum atomic E-state index is 0.291. The molecule has 2 rings (SSSR count). The molecular weight excluding hydrogens is 208 g/mol. The zero-order valence-corrected chi connectivity index (χ0v) is 11.3. The molecule has 1 saturated heterocycles. The highest BCUT2D eigenvalue weighted by molar-refractivity contribution is 5.48. The van der Waals surface area contributed by atoms with Crippen molar-refractivity contribution in [2.75, 3.05) is 24.5 Å². The number of nitrogens with zero attached hydrogens (tertiary/aromatic N) is 1. The van der Waals surface area contributed by atoms with E-state index in [1.807, 2.05) is 0 Å². The summed E-state index contributed by atoms with van der Waals surface area (Å²) in [7, 11) is 0. The molecule has 1 fully saturated rings. The molecule has 0 saturated carbocycles. The van der Waals surface area contributed by atoms with Gasteiger partial charge in [0.05, 0.1) is 0 Å². The lowest BCUT2D eigenvalue weighted by molar-refractivity contribution is 0.413. The quantitative estimate of drug-likeness (QED) is 0.858. The Morgan fingerprint density at radius 1 is 1.41 bits per heavy atom. The van der Waals surface area contributed by atoms with Gasteiger partial charge in [-0.15, -0.1) is 0 Å². The number of hydrogen-bond acceptors (Lipinski definition) is 2. The second-order valence-corrected chi connectivity index (χ2v) is 5.44. The van der Waals surface area contributed by atoms with Gasteiger partial charge in [-0.1, -0.05) is 12.1 Å². The molecular formula is C15H24N2. The predicted molar refractivity (Wildman–Crippen MR) is 74.7 cm³/mol. The number of likely N-dealkylation sites (N-methyl/N-ethyl adjacent to an activating group) is 1. The molecule has 1 unspecified atom stereocenters. The average molecular weight is 232 g/mol. The number of rotatable bonds is 4. The predicted octanol–water partition coefficient (Wildman–Crippen LogP) is 2.96. The van der Waals surface area contributed by atoms with Gasteiger partial charge in [0, 0.05) is 24.3 Å². The summed E-state index contributed by atoms with van der Waals surface area (Å²) in [5.41, 5.74) is 2.98. The fraction of sp³-hybridized carbons (Fsp3) is 0.600. The summed E-state index contributed by atoms with van der Waals surface area (Å²) in [4.78, 5) is 2.48. The van der Waals surface area contributed by atoms with Crippen molar-refractivity contribution in [1.82, 2.24) is 5.32 Å². The average Bonchev–Trinajstić information content (AvgIpc) is 2.73. The van der Waals surface area contributed by atoms with Crippen molar-refractivity contribution < 1.29 is 0 Å². The Hall–Kier alpha value is -1.02. The van der Waals surface area contributed by atoms with Crippen molar-refractivity contribution in [3.05, 3.63) is 29.8 Å². The fourth-order valence-corrected chi connectivity index (χ4v) is 2.72. The third-order valence-corrected chi connectivity index (χ3v) is 3.75. The van der Waals surface area contributed by atoms with Gasteiger partial charge in [0.25, 0.3) is 0 Å². The number of anilines is 1. The summed E-state index contributed by atoms with van der Waals surface area (Å²) in [5, 5.41) is 3.64. The van der Waals surface area contributed by atoms with Crippen molar-refractivity contribution in [3.8, 4) is 0 Å². The summed E-state index contributed by atoms with van der Waals surface area (Å²) in [5.74, 6) is 0. The number of benzene rings is 1. The van der Waals surface area contributed by atoms with Crippen molar-refractivity contribution in [2.24, 2.45) is 0 Å². The lowest BCUT2D eigenvalue weighted by Crippen LogP contribution is -2.47. The maximum atomic E-state index is 3.64. The zero-order chi connectivity index (χ0) is 12.3. The smallest absolute Gasteiger partial charge is 0.0369 e. The SMILES string of the molecule is CCN(CC1(C)CCCN1)c1cccc(C)c1. The second-order valence-electron chi connectivity index (χ2n) is 5.44. The van der Waals surface area contributed by atoms with Crippen molar-refractivity contribution in [3.63, 3.8) is 0 Å². The topological polar surface area (TPSA) is 15.3 Å². The highest BCUT2D eigenvalue weighted by Crippen LogP contribution is 2.23. The van der Waals surface area contributed by atoms with Crippen LogP contribution in [0.1, 0.15) is 32.3 Å². The maximum Gasteiger partial charge on any atom is 0.0369 e. The van der Waals surface area contributed by atoms with E-state index in [4.69, 9.17) is 0 Å². The molecule has 0 bridgehead atoms. The van der Waals surface area contributed by atoms with E-state index < -0.39 is 0 Å². The van der Waals surface area contributed by atoms with Crippen LogP contribution in [0.5, 0.6) is 0 Å². The van der Waals surface area contributed by atoms with Crippen LogP contribution in [0.25, 0.3) is 0 Å². The van der Waals surface area contributed by atoms with Gasteiger partial charge in [0.1, 0.15) is 0 Å². The van der Waals surface area contributed by atoms with Crippen LogP contribution in [0.3, 0.4) is 0 Å². The minimum Gasteiger partial charge on any atom is -0.370 e. The van der Waals surface area contributed by atoms with Crippen LogP contribution >= 0.6 is 0 Å². The highest BCUT2D eigenvalue weighted by atomic mass is 15.2.